The molecule has 47 heavy (non-hydrogen) atoms. The van der Waals surface area contributed by atoms with Crippen LogP contribution >= 0.6 is 11.3 Å². The first kappa shape index (κ1) is 31.2. The maximum absolute atomic E-state index is 14.3. The highest BCUT2D eigenvalue weighted by atomic mass is 32.1. The Morgan fingerprint density at radius 2 is 1.68 bits per heavy atom. The minimum absolute atomic E-state index is 0.199. The largest absolute Gasteiger partial charge is 0.497 e. The van der Waals surface area contributed by atoms with Gasteiger partial charge in [-0.2, -0.15) is 5.10 Å². The summed E-state index contributed by atoms with van der Waals surface area (Å²) < 4.78 is 24.9. The number of thiazole rings is 1. The summed E-state index contributed by atoms with van der Waals surface area (Å²) in [5.41, 5.74) is 3.85. The van der Waals surface area contributed by atoms with Gasteiger partial charge in [0.25, 0.3) is 5.56 Å². The zero-order valence-corrected chi connectivity index (χ0v) is 27.0. The standard InChI is InChI=1S/C35H30N4O7S/c1-20-30(34(42)45-5)32(23-13-16-27(46-21(2)40)28(17-23)44-4)39-33(41)29(47-35(39)36-20)18-24-19-38(25-9-7-6-8-10-25)37-31(24)22-11-14-26(43-3)15-12-22/h6-19,32H,1-5H3. The van der Waals surface area contributed by atoms with Crippen LogP contribution in [0.4, 0.5) is 0 Å². The zero-order chi connectivity index (χ0) is 33.2. The minimum atomic E-state index is -0.894. The summed E-state index contributed by atoms with van der Waals surface area (Å²) in [6.07, 6.45) is 3.66. The van der Waals surface area contributed by atoms with Crippen molar-refractivity contribution < 1.29 is 28.5 Å². The van der Waals surface area contributed by atoms with Gasteiger partial charge in [-0.15, -0.1) is 0 Å². The van der Waals surface area contributed by atoms with Gasteiger partial charge in [0.2, 0.25) is 0 Å². The normalized spacial score (nSPS) is 14.3. The van der Waals surface area contributed by atoms with Crippen LogP contribution in [-0.4, -0.2) is 47.6 Å². The fourth-order valence-corrected chi connectivity index (χ4v) is 6.46. The van der Waals surface area contributed by atoms with Crippen LogP contribution in [-0.2, 0) is 14.3 Å². The number of carbonyl (C=O) groups excluding carboxylic acids is 2. The van der Waals surface area contributed by atoms with Crippen LogP contribution < -0.4 is 29.1 Å². The Labute approximate surface area is 273 Å². The maximum Gasteiger partial charge on any atom is 0.338 e. The summed E-state index contributed by atoms with van der Waals surface area (Å²) in [4.78, 5) is 44.2. The van der Waals surface area contributed by atoms with E-state index in [1.54, 1.807) is 43.0 Å². The molecule has 0 radical (unpaired) electrons. The number of nitrogens with zero attached hydrogens (tertiary/aromatic N) is 4. The molecule has 6 rings (SSSR count). The van der Waals surface area contributed by atoms with Gasteiger partial charge in [-0.05, 0) is 67.1 Å². The van der Waals surface area contributed by atoms with E-state index in [0.29, 0.717) is 37.6 Å². The van der Waals surface area contributed by atoms with E-state index in [9.17, 15) is 14.4 Å². The van der Waals surface area contributed by atoms with Crippen molar-refractivity contribution in [1.29, 1.82) is 0 Å². The highest BCUT2D eigenvalue weighted by molar-refractivity contribution is 7.07. The van der Waals surface area contributed by atoms with Crippen LogP contribution in [0.2, 0.25) is 0 Å². The number of hydrogen-bond donors (Lipinski definition) is 0. The van der Waals surface area contributed by atoms with Crippen LogP contribution in [0.5, 0.6) is 17.2 Å². The lowest BCUT2D eigenvalue weighted by atomic mass is 9.95. The summed E-state index contributed by atoms with van der Waals surface area (Å²) in [6.45, 7) is 2.99. The quantitative estimate of drug-likeness (QED) is 0.181. The number of hydrogen-bond acceptors (Lipinski definition) is 10. The Kier molecular flexibility index (Phi) is 8.59. The fraction of sp³-hybridized carbons (Fsp3) is 0.171. The van der Waals surface area contributed by atoms with Crippen molar-refractivity contribution in [2.24, 2.45) is 4.99 Å². The molecule has 0 saturated heterocycles. The van der Waals surface area contributed by atoms with Gasteiger partial charge in [0.1, 0.15) is 11.4 Å². The number of methoxy groups -OCH3 is 3. The average molecular weight is 651 g/mol. The molecular formula is C35H30N4O7S. The van der Waals surface area contributed by atoms with Crippen molar-refractivity contribution in [2.75, 3.05) is 21.3 Å². The molecule has 0 amide bonds. The fourth-order valence-electron chi connectivity index (χ4n) is 5.42. The van der Waals surface area contributed by atoms with Crippen molar-refractivity contribution in [1.82, 2.24) is 14.3 Å². The molecule has 0 spiro atoms. The van der Waals surface area contributed by atoms with Gasteiger partial charge in [-0.1, -0.05) is 35.6 Å². The first-order valence-electron chi connectivity index (χ1n) is 14.5. The Bertz CT molecular complexity index is 2210. The van der Waals surface area contributed by atoms with Crippen LogP contribution in [0.25, 0.3) is 23.0 Å². The van der Waals surface area contributed by atoms with Gasteiger partial charge < -0.3 is 18.9 Å². The topological polar surface area (TPSA) is 123 Å². The highest BCUT2D eigenvalue weighted by Crippen LogP contribution is 2.36. The van der Waals surface area contributed by atoms with Gasteiger partial charge in [-0.3, -0.25) is 14.2 Å². The van der Waals surface area contributed by atoms with Crippen LogP contribution in [0, 0.1) is 0 Å². The Balaban J connectivity index is 1.55. The molecule has 238 valence electrons. The molecule has 0 fully saturated rings. The molecule has 0 aliphatic carbocycles. The smallest absolute Gasteiger partial charge is 0.338 e. The van der Waals surface area contributed by atoms with Crippen molar-refractivity contribution in [2.45, 2.75) is 19.9 Å². The molecule has 0 bridgehead atoms. The van der Waals surface area contributed by atoms with E-state index in [0.717, 1.165) is 11.3 Å². The number of ether oxygens (including phenoxy) is 4. The predicted octanol–water partition coefficient (Wildman–Crippen LogP) is 4.20. The predicted molar refractivity (Wildman–Crippen MR) is 176 cm³/mol. The van der Waals surface area contributed by atoms with Gasteiger partial charge in [0.15, 0.2) is 16.3 Å². The highest BCUT2D eigenvalue weighted by Gasteiger charge is 2.34. The number of para-hydroxylation sites is 1. The van der Waals surface area contributed by atoms with Crippen molar-refractivity contribution in [3.05, 3.63) is 121 Å². The molecule has 1 unspecified atom stereocenters. The first-order chi connectivity index (χ1) is 22.7. The summed E-state index contributed by atoms with van der Waals surface area (Å²) in [7, 11) is 4.32. The summed E-state index contributed by atoms with van der Waals surface area (Å²) in [6, 6.07) is 21.2. The number of benzene rings is 3. The second kappa shape index (κ2) is 12.9. The third-order valence-electron chi connectivity index (χ3n) is 7.60. The summed E-state index contributed by atoms with van der Waals surface area (Å²) in [5, 5.41) is 4.88. The molecule has 11 nitrogen and oxygen atoms in total. The average Bonchev–Trinajstić information content (AvgIpc) is 3.64. The molecule has 1 aliphatic rings. The lowest BCUT2D eigenvalue weighted by Gasteiger charge is -2.25. The van der Waals surface area contributed by atoms with Crippen LogP contribution in [0.15, 0.2) is 100 Å². The van der Waals surface area contributed by atoms with Gasteiger partial charge in [0.05, 0.1) is 48.9 Å². The van der Waals surface area contributed by atoms with Crippen molar-refractivity contribution in [3.8, 4) is 34.2 Å². The molecule has 3 aromatic carbocycles. The van der Waals surface area contributed by atoms with Gasteiger partial charge in [0, 0.05) is 24.2 Å². The van der Waals surface area contributed by atoms with Crippen LogP contribution in [0.3, 0.4) is 0 Å². The number of allylic oxidation sites excluding steroid dienone is 1. The van der Waals surface area contributed by atoms with E-state index in [4.69, 9.17) is 24.0 Å². The molecule has 12 heteroatoms. The SMILES string of the molecule is COC(=O)C1=C(C)N=c2sc(=Cc3cn(-c4ccccc4)nc3-c3ccc(OC)cc3)c(=O)n2C1c1ccc(OC(C)=O)c(OC)c1. The summed E-state index contributed by atoms with van der Waals surface area (Å²) >= 11 is 1.20. The van der Waals surface area contributed by atoms with E-state index in [-0.39, 0.29) is 22.6 Å². The maximum atomic E-state index is 14.3. The molecule has 0 saturated carbocycles. The van der Waals surface area contributed by atoms with E-state index in [2.05, 4.69) is 4.99 Å². The third-order valence-corrected chi connectivity index (χ3v) is 8.58. The second-order valence-corrected chi connectivity index (χ2v) is 11.5. The molecule has 3 heterocycles. The van der Waals surface area contributed by atoms with Crippen molar-refractivity contribution >= 4 is 29.4 Å². The van der Waals surface area contributed by atoms with Crippen molar-refractivity contribution in [3.63, 3.8) is 0 Å². The Morgan fingerprint density at radius 1 is 0.936 bits per heavy atom. The Hall–Kier alpha value is -5.75. The lowest BCUT2D eigenvalue weighted by Crippen LogP contribution is -2.39. The third kappa shape index (κ3) is 5.98. The van der Waals surface area contributed by atoms with Crippen LogP contribution in [0.1, 0.15) is 31.0 Å². The number of fused-ring (bicyclic) bond motifs is 1. The lowest BCUT2D eigenvalue weighted by molar-refractivity contribution is -0.136. The molecule has 0 N–H and O–H groups in total. The van der Waals surface area contributed by atoms with E-state index >= 15 is 0 Å². The first-order valence-corrected chi connectivity index (χ1v) is 15.3. The van der Waals surface area contributed by atoms with E-state index in [1.165, 1.54) is 37.0 Å². The number of rotatable bonds is 8. The monoisotopic (exact) mass is 650 g/mol. The summed E-state index contributed by atoms with van der Waals surface area (Å²) in [5.74, 6) is 0.0358. The number of esters is 2. The van der Waals surface area contributed by atoms with E-state index < -0.39 is 18.0 Å². The minimum Gasteiger partial charge on any atom is -0.497 e. The second-order valence-electron chi connectivity index (χ2n) is 10.5. The van der Waals surface area contributed by atoms with E-state index in [1.807, 2.05) is 60.8 Å². The molecule has 1 atom stereocenters. The molecule has 5 aromatic rings. The number of aromatic nitrogens is 3. The number of carbonyl (C=O) groups is 2. The molecule has 1 aliphatic heterocycles. The van der Waals surface area contributed by atoms with Gasteiger partial charge >= 0.3 is 11.9 Å². The zero-order valence-electron chi connectivity index (χ0n) is 26.2. The molecular weight excluding hydrogens is 620 g/mol. The van der Waals surface area contributed by atoms with Gasteiger partial charge in [-0.25, -0.2) is 14.5 Å². The Morgan fingerprint density at radius 3 is 2.34 bits per heavy atom. The molecule has 2 aromatic heterocycles.